The normalized spacial score (nSPS) is 24.9. The highest BCUT2D eigenvalue weighted by atomic mass is 16.6. The standard InChI is InChI=1S/C19H28N2O4/c22-13-17-6-7-18(24-15-17)12-20-8-10-21(11-9-20)19(23)25-14-16-4-2-1-3-5-16/h1-5,17-18,22H,6-15H2/t17-,18-/m1/s1. The fourth-order valence-corrected chi connectivity index (χ4v) is 3.36. The number of piperazine rings is 1. The van der Waals surface area contributed by atoms with Gasteiger partial charge in [0.05, 0.1) is 12.7 Å². The zero-order valence-electron chi connectivity index (χ0n) is 14.7. The average Bonchev–Trinajstić information content (AvgIpc) is 2.68. The van der Waals surface area contributed by atoms with Crippen LogP contribution in [0.2, 0.25) is 0 Å². The molecule has 2 atom stereocenters. The Balaban J connectivity index is 1.35. The maximum absolute atomic E-state index is 12.2. The number of aliphatic hydroxyl groups is 1. The Bertz CT molecular complexity index is 523. The lowest BCUT2D eigenvalue weighted by atomic mass is 9.99. The number of ether oxygens (including phenoxy) is 2. The van der Waals surface area contributed by atoms with Gasteiger partial charge in [-0.25, -0.2) is 4.79 Å². The zero-order chi connectivity index (χ0) is 17.5. The Morgan fingerprint density at radius 2 is 1.92 bits per heavy atom. The van der Waals surface area contributed by atoms with E-state index >= 15 is 0 Å². The van der Waals surface area contributed by atoms with Crippen LogP contribution < -0.4 is 0 Å². The Labute approximate surface area is 149 Å². The molecule has 6 nitrogen and oxygen atoms in total. The van der Waals surface area contributed by atoms with Crippen LogP contribution in [0.1, 0.15) is 18.4 Å². The van der Waals surface area contributed by atoms with E-state index in [0.717, 1.165) is 38.0 Å². The van der Waals surface area contributed by atoms with Crippen LogP contribution in [0.3, 0.4) is 0 Å². The summed E-state index contributed by atoms with van der Waals surface area (Å²) < 4.78 is 11.2. The van der Waals surface area contributed by atoms with Gasteiger partial charge >= 0.3 is 6.09 Å². The minimum Gasteiger partial charge on any atom is -0.445 e. The van der Waals surface area contributed by atoms with Crippen molar-refractivity contribution in [1.29, 1.82) is 0 Å². The Morgan fingerprint density at radius 1 is 1.16 bits per heavy atom. The quantitative estimate of drug-likeness (QED) is 0.878. The van der Waals surface area contributed by atoms with Gasteiger partial charge in [0.2, 0.25) is 0 Å². The van der Waals surface area contributed by atoms with Gasteiger partial charge in [0.15, 0.2) is 0 Å². The first-order valence-corrected chi connectivity index (χ1v) is 9.15. The summed E-state index contributed by atoms with van der Waals surface area (Å²) in [5.74, 6) is 0.299. The molecule has 1 aromatic carbocycles. The molecule has 0 aliphatic carbocycles. The van der Waals surface area contributed by atoms with Crippen LogP contribution in [0.15, 0.2) is 30.3 Å². The molecule has 2 aliphatic heterocycles. The second kappa shape index (κ2) is 9.17. The molecule has 138 valence electrons. The van der Waals surface area contributed by atoms with Crippen molar-refractivity contribution in [3.8, 4) is 0 Å². The largest absolute Gasteiger partial charge is 0.445 e. The minimum atomic E-state index is -0.233. The summed E-state index contributed by atoms with van der Waals surface area (Å²) in [5, 5.41) is 9.16. The van der Waals surface area contributed by atoms with Crippen molar-refractivity contribution in [1.82, 2.24) is 9.80 Å². The molecule has 2 fully saturated rings. The molecule has 1 amide bonds. The molecule has 1 aromatic rings. The van der Waals surface area contributed by atoms with E-state index in [-0.39, 0.29) is 18.8 Å². The van der Waals surface area contributed by atoms with Crippen LogP contribution in [-0.2, 0) is 16.1 Å². The van der Waals surface area contributed by atoms with Crippen molar-refractivity contribution >= 4 is 6.09 Å². The molecule has 6 heteroatoms. The van der Waals surface area contributed by atoms with Gasteiger partial charge in [-0.2, -0.15) is 0 Å². The maximum Gasteiger partial charge on any atom is 0.410 e. The second-order valence-corrected chi connectivity index (χ2v) is 6.91. The monoisotopic (exact) mass is 348 g/mol. The third-order valence-electron chi connectivity index (χ3n) is 5.02. The number of carbonyl (C=O) groups excluding carboxylic acids is 1. The molecule has 3 rings (SSSR count). The lowest BCUT2D eigenvalue weighted by Gasteiger charge is -2.37. The van der Waals surface area contributed by atoms with Crippen LogP contribution in [0.25, 0.3) is 0 Å². The van der Waals surface area contributed by atoms with Gasteiger partial charge in [-0.05, 0) is 18.4 Å². The third-order valence-corrected chi connectivity index (χ3v) is 5.02. The number of rotatable bonds is 5. The van der Waals surface area contributed by atoms with E-state index in [1.807, 2.05) is 30.3 Å². The summed E-state index contributed by atoms with van der Waals surface area (Å²) in [6, 6.07) is 9.74. The lowest BCUT2D eigenvalue weighted by Crippen LogP contribution is -2.51. The van der Waals surface area contributed by atoms with Crippen LogP contribution in [0.5, 0.6) is 0 Å². The predicted octanol–water partition coefficient (Wildman–Crippen LogP) is 1.73. The molecule has 0 saturated carbocycles. The van der Waals surface area contributed by atoms with Crippen molar-refractivity contribution < 1.29 is 19.4 Å². The molecule has 2 heterocycles. The van der Waals surface area contributed by atoms with E-state index < -0.39 is 0 Å². The lowest BCUT2D eigenvalue weighted by molar-refractivity contribution is -0.0483. The Hall–Kier alpha value is -1.63. The highest BCUT2D eigenvalue weighted by molar-refractivity contribution is 5.67. The topological polar surface area (TPSA) is 62.2 Å². The SMILES string of the molecule is O=C(OCc1ccccc1)N1CCN(C[C@H]2CC[C@H](CO)CO2)CC1. The average molecular weight is 348 g/mol. The zero-order valence-corrected chi connectivity index (χ0v) is 14.7. The van der Waals surface area contributed by atoms with Crippen LogP contribution in [0, 0.1) is 5.92 Å². The van der Waals surface area contributed by atoms with Gasteiger partial charge in [0, 0.05) is 45.2 Å². The minimum absolute atomic E-state index is 0.219. The fraction of sp³-hybridized carbons (Fsp3) is 0.632. The van der Waals surface area contributed by atoms with Gasteiger partial charge in [-0.1, -0.05) is 30.3 Å². The molecule has 1 N–H and O–H groups in total. The molecule has 0 spiro atoms. The van der Waals surface area contributed by atoms with Crippen LogP contribution in [-0.4, -0.2) is 73.0 Å². The molecule has 0 unspecified atom stereocenters. The van der Waals surface area contributed by atoms with Gasteiger partial charge in [0.25, 0.3) is 0 Å². The van der Waals surface area contributed by atoms with E-state index in [1.54, 1.807) is 4.90 Å². The number of benzene rings is 1. The van der Waals surface area contributed by atoms with E-state index in [0.29, 0.717) is 32.2 Å². The number of hydrogen-bond acceptors (Lipinski definition) is 5. The Kier molecular flexibility index (Phi) is 6.67. The van der Waals surface area contributed by atoms with Crippen molar-refractivity contribution in [3.63, 3.8) is 0 Å². The number of amides is 1. The van der Waals surface area contributed by atoms with Crippen molar-refractivity contribution in [2.24, 2.45) is 5.92 Å². The second-order valence-electron chi connectivity index (χ2n) is 6.91. The van der Waals surface area contributed by atoms with Gasteiger partial charge < -0.3 is 19.5 Å². The Morgan fingerprint density at radius 3 is 2.56 bits per heavy atom. The summed E-state index contributed by atoms with van der Waals surface area (Å²) in [5.41, 5.74) is 1.00. The number of nitrogens with zero attached hydrogens (tertiary/aromatic N) is 2. The highest BCUT2D eigenvalue weighted by Gasteiger charge is 2.26. The first-order valence-electron chi connectivity index (χ1n) is 9.15. The van der Waals surface area contributed by atoms with Gasteiger partial charge in [-0.3, -0.25) is 4.90 Å². The summed E-state index contributed by atoms with van der Waals surface area (Å²) in [6.45, 7) is 5.20. The molecular formula is C19H28N2O4. The molecule has 0 radical (unpaired) electrons. The molecule has 2 aliphatic rings. The number of aliphatic hydroxyl groups excluding tert-OH is 1. The number of hydrogen-bond donors (Lipinski definition) is 1. The van der Waals surface area contributed by atoms with Gasteiger partial charge in [-0.15, -0.1) is 0 Å². The van der Waals surface area contributed by atoms with Crippen molar-refractivity contribution in [2.45, 2.75) is 25.6 Å². The molecular weight excluding hydrogens is 320 g/mol. The molecule has 2 saturated heterocycles. The summed E-state index contributed by atoms with van der Waals surface area (Å²) in [4.78, 5) is 16.3. The molecule has 0 aromatic heterocycles. The van der Waals surface area contributed by atoms with Crippen LogP contribution >= 0.6 is 0 Å². The first kappa shape index (κ1) is 18.2. The molecule has 0 bridgehead atoms. The van der Waals surface area contributed by atoms with E-state index in [1.165, 1.54) is 0 Å². The van der Waals surface area contributed by atoms with E-state index in [4.69, 9.17) is 14.6 Å². The first-order chi connectivity index (χ1) is 12.2. The van der Waals surface area contributed by atoms with Crippen molar-refractivity contribution in [2.75, 3.05) is 45.9 Å². The predicted molar refractivity (Wildman–Crippen MR) is 94.2 cm³/mol. The maximum atomic E-state index is 12.2. The summed E-state index contributed by atoms with van der Waals surface area (Å²) >= 11 is 0. The summed E-state index contributed by atoms with van der Waals surface area (Å²) in [6.07, 6.45) is 2.06. The van der Waals surface area contributed by atoms with Gasteiger partial charge in [0.1, 0.15) is 6.61 Å². The van der Waals surface area contributed by atoms with E-state index in [9.17, 15) is 4.79 Å². The van der Waals surface area contributed by atoms with E-state index in [2.05, 4.69) is 4.90 Å². The highest BCUT2D eigenvalue weighted by Crippen LogP contribution is 2.19. The smallest absolute Gasteiger partial charge is 0.410 e. The third kappa shape index (κ3) is 5.42. The molecule has 25 heavy (non-hydrogen) atoms. The number of carbonyl (C=O) groups is 1. The van der Waals surface area contributed by atoms with Crippen LogP contribution in [0.4, 0.5) is 4.79 Å². The fourth-order valence-electron chi connectivity index (χ4n) is 3.36. The van der Waals surface area contributed by atoms with Crippen molar-refractivity contribution in [3.05, 3.63) is 35.9 Å². The summed E-state index contributed by atoms with van der Waals surface area (Å²) in [7, 11) is 0.